The van der Waals surface area contributed by atoms with E-state index >= 15 is 0 Å². The van der Waals surface area contributed by atoms with E-state index in [1.807, 2.05) is 19.2 Å². The topological polar surface area (TPSA) is 56.2 Å². The van der Waals surface area contributed by atoms with Crippen LogP contribution in [0.1, 0.15) is 21.6 Å². The zero-order valence-corrected chi connectivity index (χ0v) is 16.6. The Hall–Kier alpha value is -2.21. The van der Waals surface area contributed by atoms with Crippen molar-refractivity contribution in [3.63, 3.8) is 0 Å². The molecule has 0 aliphatic carbocycles. The van der Waals surface area contributed by atoms with E-state index < -0.39 is 0 Å². The molecule has 5 nitrogen and oxygen atoms in total. The van der Waals surface area contributed by atoms with Gasteiger partial charge in [0.05, 0.1) is 22.3 Å². The Labute approximate surface area is 171 Å². The summed E-state index contributed by atoms with van der Waals surface area (Å²) in [5, 5.41) is 8.04. The van der Waals surface area contributed by atoms with Crippen LogP contribution in [-0.4, -0.2) is 15.7 Å². The van der Waals surface area contributed by atoms with Crippen molar-refractivity contribution in [3.8, 4) is 5.75 Å². The molecule has 0 bridgehead atoms. The average molecular weight is 425 g/mol. The van der Waals surface area contributed by atoms with Gasteiger partial charge in [0.2, 0.25) is 0 Å². The summed E-state index contributed by atoms with van der Waals surface area (Å²) in [5.41, 5.74) is 2.26. The van der Waals surface area contributed by atoms with Gasteiger partial charge in [0, 0.05) is 23.8 Å². The number of hydrogen-bond acceptors (Lipinski definition) is 3. The highest BCUT2D eigenvalue weighted by Gasteiger charge is 2.11. The molecule has 0 saturated carbocycles. The molecule has 0 unspecified atom stereocenters. The Morgan fingerprint density at radius 3 is 2.56 bits per heavy atom. The smallest absolute Gasteiger partial charge is 0.251 e. The molecule has 1 aromatic heterocycles. The van der Waals surface area contributed by atoms with Crippen molar-refractivity contribution < 1.29 is 9.53 Å². The van der Waals surface area contributed by atoms with Crippen LogP contribution >= 0.6 is 34.8 Å². The van der Waals surface area contributed by atoms with Gasteiger partial charge in [0.15, 0.2) is 5.75 Å². The molecule has 3 aromatic rings. The van der Waals surface area contributed by atoms with Gasteiger partial charge in [-0.2, -0.15) is 5.10 Å². The molecule has 0 radical (unpaired) electrons. The van der Waals surface area contributed by atoms with Gasteiger partial charge in [0.1, 0.15) is 6.61 Å². The summed E-state index contributed by atoms with van der Waals surface area (Å²) in [6.07, 6.45) is 1.69. The summed E-state index contributed by atoms with van der Waals surface area (Å²) < 4.78 is 7.42. The van der Waals surface area contributed by atoms with E-state index in [1.54, 1.807) is 41.2 Å². The summed E-state index contributed by atoms with van der Waals surface area (Å²) in [6.45, 7) is 0.607. The number of carbonyl (C=O) groups excluding carboxylic acids is 1. The third kappa shape index (κ3) is 4.95. The lowest BCUT2D eigenvalue weighted by Gasteiger charge is -2.11. The second-order valence-electron chi connectivity index (χ2n) is 5.82. The molecular formula is C19H16Cl3N3O2. The van der Waals surface area contributed by atoms with Crippen LogP contribution in [0, 0.1) is 0 Å². The van der Waals surface area contributed by atoms with Crippen LogP contribution in [0.25, 0.3) is 0 Å². The van der Waals surface area contributed by atoms with Gasteiger partial charge in [-0.05, 0) is 35.9 Å². The maximum Gasteiger partial charge on any atom is 0.251 e. The zero-order valence-electron chi connectivity index (χ0n) is 14.4. The number of aromatic nitrogens is 2. The Bertz CT molecular complexity index is 949. The van der Waals surface area contributed by atoms with Crippen LogP contribution in [0.3, 0.4) is 0 Å². The molecule has 27 heavy (non-hydrogen) atoms. The fourth-order valence-corrected chi connectivity index (χ4v) is 3.40. The second kappa shape index (κ2) is 8.65. The van der Waals surface area contributed by atoms with Gasteiger partial charge in [-0.1, -0.05) is 46.9 Å². The van der Waals surface area contributed by atoms with Gasteiger partial charge in [-0.15, -0.1) is 0 Å². The van der Waals surface area contributed by atoms with E-state index in [0.29, 0.717) is 32.9 Å². The minimum Gasteiger partial charge on any atom is -0.486 e. The fraction of sp³-hybridized carbons (Fsp3) is 0.158. The van der Waals surface area contributed by atoms with Crippen molar-refractivity contribution in [2.75, 3.05) is 0 Å². The van der Waals surface area contributed by atoms with Crippen LogP contribution < -0.4 is 10.1 Å². The van der Waals surface area contributed by atoms with Gasteiger partial charge < -0.3 is 10.1 Å². The summed E-state index contributed by atoms with van der Waals surface area (Å²) in [6, 6.07) is 12.1. The molecule has 1 amide bonds. The number of hydrogen-bond donors (Lipinski definition) is 1. The summed E-state index contributed by atoms with van der Waals surface area (Å²) >= 11 is 18.1. The highest BCUT2D eigenvalue weighted by atomic mass is 35.5. The normalized spacial score (nSPS) is 10.7. The fourth-order valence-electron chi connectivity index (χ4n) is 2.47. The van der Waals surface area contributed by atoms with Crippen molar-refractivity contribution in [2.24, 2.45) is 7.05 Å². The zero-order chi connectivity index (χ0) is 19.4. The number of aryl methyl sites for hydroxylation is 1. The Morgan fingerprint density at radius 2 is 1.89 bits per heavy atom. The van der Waals surface area contributed by atoms with Crippen molar-refractivity contribution in [3.05, 3.63) is 80.6 Å². The lowest BCUT2D eigenvalue weighted by Crippen LogP contribution is -2.24. The minimum absolute atomic E-state index is 0.180. The highest BCUT2D eigenvalue weighted by Crippen LogP contribution is 2.36. The Kier molecular flexibility index (Phi) is 6.26. The Morgan fingerprint density at radius 1 is 1.15 bits per heavy atom. The molecule has 0 aliphatic rings. The van der Waals surface area contributed by atoms with Gasteiger partial charge in [-0.25, -0.2) is 0 Å². The van der Waals surface area contributed by atoms with Gasteiger partial charge >= 0.3 is 0 Å². The third-order valence-electron chi connectivity index (χ3n) is 3.89. The number of nitrogens with zero attached hydrogens (tertiary/aromatic N) is 2. The molecule has 1 N–H and O–H groups in total. The summed E-state index contributed by atoms with van der Waals surface area (Å²) in [4.78, 5) is 12.4. The van der Waals surface area contributed by atoms with E-state index in [1.165, 1.54) is 0 Å². The van der Waals surface area contributed by atoms with E-state index in [2.05, 4.69) is 10.4 Å². The summed E-state index contributed by atoms with van der Waals surface area (Å²) in [7, 11) is 1.83. The lowest BCUT2D eigenvalue weighted by molar-refractivity contribution is 0.0950. The SMILES string of the molecule is Cn1nccc1CNC(=O)c1cccc(COc2c(Cl)cc(Cl)cc2Cl)c1. The minimum atomic E-state index is -0.180. The average Bonchev–Trinajstić information content (AvgIpc) is 3.04. The first-order chi connectivity index (χ1) is 12.9. The van der Waals surface area contributed by atoms with Crippen LogP contribution in [0.2, 0.25) is 15.1 Å². The van der Waals surface area contributed by atoms with Gasteiger partial charge in [0.25, 0.3) is 5.91 Å². The number of carbonyl (C=O) groups is 1. The van der Waals surface area contributed by atoms with Gasteiger partial charge in [-0.3, -0.25) is 9.48 Å². The Balaban J connectivity index is 1.65. The molecule has 2 aromatic carbocycles. The van der Waals surface area contributed by atoms with E-state index in [9.17, 15) is 4.79 Å². The van der Waals surface area contributed by atoms with Crippen molar-refractivity contribution in [1.29, 1.82) is 0 Å². The van der Waals surface area contributed by atoms with E-state index in [4.69, 9.17) is 39.5 Å². The number of rotatable bonds is 6. The van der Waals surface area contributed by atoms with Crippen LogP contribution in [-0.2, 0) is 20.2 Å². The quantitative estimate of drug-likeness (QED) is 0.613. The number of amides is 1. The molecule has 3 rings (SSSR count). The summed E-state index contributed by atoms with van der Waals surface area (Å²) in [5.74, 6) is 0.175. The molecule has 1 heterocycles. The first-order valence-electron chi connectivity index (χ1n) is 8.05. The number of ether oxygens (including phenoxy) is 1. The van der Waals surface area contributed by atoms with Crippen molar-refractivity contribution in [2.45, 2.75) is 13.2 Å². The first kappa shape index (κ1) is 19.5. The number of halogens is 3. The van der Waals surface area contributed by atoms with Crippen LogP contribution in [0.15, 0.2) is 48.7 Å². The molecule has 0 spiro atoms. The number of nitrogens with one attached hydrogen (secondary N) is 1. The molecule has 0 saturated heterocycles. The maximum absolute atomic E-state index is 12.4. The molecule has 0 fully saturated rings. The van der Waals surface area contributed by atoms with Crippen molar-refractivity contribution in [1.82, 2.24) is 15.1 Å². The largest absolute Gasteiger partial charge is 0.486 e. The van der Waals surface area contributed by atoms with Crippen LogP contribution in [0.4, 0.5) is 0 Å². The predicted molar refractivity (Wildman–Crippen MR) is 107 cm³/mol. The third-order valence-corrected chi connectivity index (χ3v) is 4.67. The van der Waals surface area contributed by atoms with E-state index in [0.717, 1.165) is 11.3 Å². The number of benzene rings is 2. The lowest BCUT2D eigenvalue weighted by atomic mass is 10.1. The predicted octanol–water partition coefficient (Wildman–Crippen LogP) is 4.89. The molecule has 0 atom stereocenters. The standard InChI is InChI=1S/C19H16Cl3N3O2/c1-25-15(5-6-24-25)10-23-19(26)13-4-2-3-12(7-13)11-27-18-16(21)8-14(20)9-17(18)22/h2-9H,10-11H2,1H3,(H,23,26). The molecule has 8 heteroatoms. The molecular weight excluding hydrogens is 409 g/mol. The first-order valence-corrected chi connectivity index (χ1v) is 9.19. The van der Waals surface area contributed by atoms with Crippen LogP contribution in [0.5, 0.6) is 5.75 Å². The molecule has 140 valence electrons. The maximum atomic E-state index is 12.4. The second-order valence-corrected chi connectivity index (χ2v) is 7.07. The monoisotopic (exact) mass is 423 g/mol. The van der Waals surface area contributed by atoms with Crippen molar-refractivity contribution >= 4 is 40.7 Å². The van der Waals surface area contributed by atoms with E-state index in [-0.39, 0.29) is 12.5 Å². The highest BCUT2D eigenvalue weighted by molar-refractivity contribution is 6.40. The molecule has 0 aliphatic heterocycles.